The van der Waals surface area contributed by atoms with Crippen molar-refractivity contribution in [3.63, 3.8) is 0 Å². The van der Waals surface area contributed by atoms with Crippen LogP contribution in [0.3, 0.4) is 0 Å². The number of hydrogen-bond donors (Lipinski definition) is 1. The molecule has 0 amide bonds. The van der Waals surface area contributed by atoms with E-state index < -0.39 is 0 Å². The monoisotopic (exact) mass is 380 g/mol. The molecule has 1 aromatic heterocycles. The van der Waals surface area contributed by atoms with Crippen LogP contribution in [0, 0.1) is 10.5 Å². The molecule has 0 radical (unpaired) electrons. The van der Waals surface area contributed by atoms with E-state index in [4.69, 9.17) is 0 Å². The van der Waals surface area contributed by atoms with Gasteiger partial charge in [0, 0.05) is 27.9 Å². The van der Waals surface area contributed by atoms with Gasteiger partial charge in [-0.3, -0.25) is 4.98 Å². The van der Waals surface area contributed by atoms with Crippen molar-refractivity contribution >= 4 is 22.6 Å². The standard InChI is InChI=1S/C17H21IN2/c1-3-10-19-17(15-6-4-5-7-16(15)18)11-14-9-8-13(2)12-20-14/h4-9,12,17,19H,3,10-11H2,1-2H3. The van der Waals surface area contributed by atoms with E-state index in [2.05, 4.69) is 83.1 Å². The summed E-state index contributed by atoms with van der Waals surface area (Å²) in [6.07, 6.45) is 4.02. The molecule has 2 nitrogen and oxygen atoms in total. The Morgan fingerprint density at radius 1 is 1.20 bits per heavy atom. The van der Waals surface area contributed by atoms with E-state index in [9.17, 15) is 0 Å². The summed E-state index contributed by atoms with van der Waals surface area (Å²) in [7, 11) is 0. The fourth-order valence-electron chi connectivity index (χ4n) is 2.20. The summed E-state index contributed by atoms with van der Waals surface area (Å²) in [5.74, 6) is 0. The first kappa shape index (κ1) is 15.4. The minimum absolute atomic E-state index is 0.332. The Kier molecular flexibility index (Phi) is 5.98. The van der Waals surface area contributed by atoms with Gasteiger partial charge in [0.05, 0.1) is 0 Å². The van der Waals surface area contributed by atoms with Gasteiger partial charge < -0.3 is 5.32 Å². The third-order valence-corrected chi connectivity index (χ3v) is 4.29. The van der Waals surface area contributed by atoms with Gasteiger partial charge in [-0.1, -0.05) is 31.2 Å². The summed E-state index contributed by atoms with van der Waals surface area (Å²) in [6.45, 7) is 5.30. The molecule has 0 bridgehead atoms. The molecule has 1 heterocycles. The Bertz CT molecular complexity index is 537. The highest BCUT2D eigenvalue weighted by atomic mass is 127. The third-order valence-electron chi connectivity index (χ3n) is 3.31. The summed E-state index contributed by atoms with van der Waals surface area (Å²) in [4.78, 5) is 4.54. The molecule has 2 rings (SSSR count). The van der Waals surface area contributed by atoms with Crippen molar-refractivity contribution in [1.82, 2.24) is 10.3 Å². The largest absolute Gasteiger partial charge is 0.310 e. The maximum Gasteiger partial charge on any atom is 0.0422 e. The van der Waals surface area contributed by atoms with Crippen LogP contribution in [0.1, 0.15) is 36.2 Å². The molecular formula is C17H21IN2. The molecule has 0 saturated carbocycles. The summed E-state index contributed by atoms with van der Waals surface area (Å²) < 4.78 is 1.31. The molecule has 0 aliphatic rings. The van der Waals surface area contributed by atoms with E-state index in [1.54, 1.807) is 0 Å². The predicted molar refractivity (Wildman–Crippen MR) is 92.9 cm³/mol. The molecule has 0 aliphatic heterocycles. The van der Waals surface area contributed by atoms with Crippen molar-refractivity contribution in [3.05, 3.63) is 63.0 Å². The zero-order valence-electron chi connectivity index (χ0n) is 12.1. The van der Waals surface area contributed by atoms with E-state index >= 15 is 0 Å². The molecule has 1 unspecified atom stereocenters. The van der Waals surface area contributed by atoms with Crippen LogP contribution in [0.15, 0.2) is 42.6 Å². The average molecular weight is 380 g/mol. The number of nitrogens with zero attached hydrogens (tertiary/aromatic N) is 1. The summed E-state index contributed by atoms with van der Waals surface area (Å²) in [5.41, 5.74) is 3.72. The Balaban J connectivity index is 2.19. The summed E-state index contributed by atoms with van der Waals surface area (Å²) in [5, 5.41) is 3.64. The van der Waals surface area contributed by atoms with Crippen LogP contribution < -0.4 is 5.32 Å². The van der Waals surface area contributed by atoms with Gasteiger partial charge in [-0.05, 0) is 65.7 Å². The number of rotatable bonds is 6. The van der Waals surface area contributed by atoms with Crippen LogP contribution in [0.25, 0.3) is 0 Å². The van der Waals surface area contributed by atoms with Gasteiger partial charge >= 0.3 is 0 Å². The lowest BCUT2D eigenvalue weighted by Gasteiger charge is -2.20. The molecule has 106 valence electrons. The lowest BCUT2D eigenvalue weighted by atomic mass is 10.0. The van der Waals surface area contributed by atoms with Crippen LogP contribution in [0.5, 0.6) is 0 Å². The molecule has 0 aliphatic carbocycles. The molecular weight excluding hydrogens is 359 g/mol. The van der Waals surface area contributed by atoms with Crippen molar-refractivity contribution in [1.29, 1.82) is 0 Å². The van der Waals surface area contributed by atoms with E-state index in [1.165, 1.54) is 14.7 Å². The van der Waals surface area contributed by atoms with Gasteiger partial charge in [0.2, 0.25) is 0 Å². The molecule has 2 aromatic rings. The number of aryl methyl sites for hydroxylation is 1. The first-order chi connectivity index (χ1) is 9.70. The second-order valence-corrected chi connectivity index (χ2v) is 6.22. The number of benzene rings is 1. The maximum absolute atomic E-state index is 4.54. The highest BCUT2D eigenvalue weighted by Crippen LogP contribution is 2.23. The Morgan fingerprint density at radius 2 is 2.00 bits per heavy atom. The van der Waals surface area contributed by atoms with Gasteiger partial charge in [0.15, 0.2) is 0 Å². The van der Waals surface area contributed by atoms with Crippen molar-refractivity contribution in [2.75, 3.05) is 6.54 Å². The zero-order valence-corrected chi connectivity index (χ0v) is 14.2. The minimum Gasteiger partial charge on any atom is -0.310 e. The summed E-state index contributed by atoms with van der Waals surface area (Å²) >= 11 is 2.41. The fourth-order valence-corrected chi connectivity index (χ4v) is 2.96. The lowest BCUT2D eigenvalue weighted by Crippen LogP contribution is -2.25. The van der Waals surface area contributed by atoms with E-state index in [-0.39, 0.29) is 0 Å². The third kappa shape index (κ3) is 4.28. The van der Waals surface area contributed by atoms with Crippen molar-refractivity contribution in [2.24, 2.45) is 0 Å². The van der Waals surface area contributed by atoms with Crippen molar-refractivity contribution < 1.29 is 0 Å². The Hall–Kier alpha value is -0.940. The molecule has 20 heavy (non-hydrogen) atoms. The van der Waals surface area contributed by atoms with Crippen molar-refractivity contribution in [2.45, 2.75) is 32.7 Å². The van der Waals surface area contributed by atoms with Gasteiger partial charge in [-0.25, -0.2) is 0 Å². The molecule has 1 atom stereocenters. The van der Waals surface area contributed by atoms with Gasteiger partial charge in [-0.2, -0.15) is 0 Å². The van der Waals surface area contributed by atoms with Crippen molar-refractivity contribution in [3.8, 4) is 0 Å². The first-order valence-electron chi connectivity index (χ1n) is 7.10. The number of halogens is 1. The smallest absolute Gasteiger partial charge is 0.0422 e. The summed E-state index contributed by atoms with van der Waals surface area (Å²) in [6, 6.07) is 13.2. The number of pyridine rings is 1. The highest BCUT2D eigenvalue weighted by molar-refractivity contribution is 14.1. The normalized spacial score (nSPS) is 12.3. The zero-order chi connectivity index (χ0) is 14.4. The molecule has 0 spiro atoms. The number of hydrogen-bond acceptors (Lipinski definition) is 2. The van der Waals surface area contributed by atoms with E-state index in [0.29, 0.717) is 6.04 Å². The van der Waals surface area contributed by atoms with Gasteiger partial charge in [-0.15, -0.1) is 0 Å². The molecule has 0 fully saturated rings. The fraction of sp³-hybridized carbons (Fsp3) is 0.353. The SMILES string of the molecule is CCCNC(Cc1ccc(C)cn1)c1ccccc1I. The lowest BCUT2D eigenvalue weighted by molar-refractivity contribution is 0.522. The van der Waals surface area contributed by atoms with Crippen LogP contribution in [0.4, 0.5) is 0 Å². The topological polar surface area (TPSA) is 24.9 Å². The molecule has 0 saturated heterocycles. The first-order valence-corrected chi connectivity index (χ1v) is 8.18. The van der Waals surface area contributed by atoms with Crippen LogP contribution in [-0.4, -0.2) is 11.5 Å². The average Bonchev–Trinajstić information content (AvgIpc) is 2.46. The van der Waals surface area contributed by atoms with Gasteiger partial charge in [0.1, 0.15) is 0 Å². The molecule has 3 heteroatoms. The predicted octanol–water partition coefficient (Wildman–Crippen LogP) is 4.28. The highest BCUT2D eigenvalue weighted by Gasteiger charge is 2.14. The minimum atomic E-state index is 0.332. The number of nitrogens with one attached hydrogen (secondary N) is 1. The van der Waals surface area contributed by atoms with Crippen LogP contribution in [-0.2, 0) is 6.42 Å². The van der Waals surface area contributed by atoms with E-state index in [1.807, 2.05) is 6.20 Å². The quantitative estimate of drug-likeness (QED) is 0.757. The second-order valence-electron chi connectivity index (χ2n) is 5.06. The van der Waals surface area contributed by atoms with E-state index in [0.717, 1.165) is 25.1 Å². The van der Waals surface area contributed by atoms with Crippen LogP contribution in [0.2, 0.25) is 0 Å². The maximum atomic E-state index is 4.54. The van der Waals surface area contributed by atoms with Gasteiger partial charge in [0.25, 0.3) is 0 Å². The number of aromatic nitrogens is 1. The Morgan fingerprint density at radius 3 is 2.65 bits per heavy atom. The Labute approximate surface area is 135 Å². The molecule has 1 aromatic carbocycles. The molecule has 1 N–H and O–H groups in total. The van der Waals surface area contributed by atoms with Crippen LogP contribution >= 0.6 is 22.6 Å². The second kappa shape index (κ2) is 7.74.